The van der Waals surface area contributed by atoms with Crippen LogP contribution in [0, 0.1) is 5.82 Å². The number of benzene rings is 1. The highest BCUT2D eigenvalue weighted by Gasteiger charge is 2.10. The van der Waals surface area contributed by atoms with Gasteiger partial charge in [-0.1, -0.05) is 13.0 Å². The Kier molecular flexibility index (Phi) is 6.14. The fraction of sp³-hybridized carbons (Fsp3) is 0.462. The van der Waals surface area contributed by atoms with E-state index in [0.29, 0.717) is 12.2 Å². The second-order valence-corrected chi connectivity index (χ2v) is 3.93. The smallest absolute Gasteiger partial charge is 0.258 e. The Hall–Kier alpha value is -1.62. The molecule has 1 amide bonds. The van der Waals surface area contributed by atoms with Crippen LogP contribution in [-0.4, -0.2) is 30.3 Å². The number of nitrogens with one attached hydrogen (secondary N) is 1. The van der Waals surface area contributed by atoms with Gasteiger partial charge >= 0.3 is 0 Å². The minimum Gasteiger partial charge on any atom is -0.484 e. The van der Waals surface area contributed by atoms with Gasteiger partial charge in [0.2, 0.25) is 0 Å². The predicted octanol–water partition coefficient (Wildman–Crippen LogP) is 1.48. The number of ether oxygens (including phenoxy) is 1. The van der Waals surface area contributed by atoms with Crippen LogP contribution in [0.2, 0.25) is 0 Å². The Morgan fingerprint density at radius 3 is 2.94 bits per heavy atom. The predicted molar refractivity (Wildman–Crippen MR) is 65.8 cm³/mol. The molecule has 0 aliphatic rings. The van der Waals surface area contributed by atoms with Gasteiger partial charge in [-0.15, -0.1) is 0 Å². The van der Waals surface area contributed by atoms with Crippen LogP contribution < -0.4 is 10.1 Å². The summed E-state index contributed by atoms with van der Waals surface area (Å²) in [6, 6.07) is 5.57. The SMILES string of the molecule is CCC(CCO)NC(=O)COc1cccc(F)c1. The van der Waals surface area contributed by atoms with E-state index in [0.717, 1.165) is 6.42 Å². The maximum absolute atomic E-state index is 12.8. The monoisotopic (exact) mass is 255 g/mol. The molecule has 0 aliphatic carbocycles. The van der Waals surface area contributed by atoms with E-state index in [4.69, 9.17) is 9.84 Å². The van der Waals surface area contributed by atoms with Crippen LogP contribution in [0.15, 0.2) is 24.3 Å². The summed E-state index contributed by atoms with van der Waals surface area (Å²) >= 11 is 0. The van der Waals surface area contributed by atoms with Gasteiger partial charge in [0.25, 0.3) is 5.91 Å². The van der Waals surface area contributed by atoms with E-state index < -0.39 is 5.82 Å². The van der Waals surface area contributed by atoms with E-state index in [1.165, 1.54) is 18.2 Å². The molecule has 0 radical (unpaired) electrons. The highest BCUT2D eigenvalue weighted by atomic mass is 19.1. The fourth-order valence-electron chi connectivity index (χ4n) is 1.51. The first-order valence-electron chi connectivity index (χ1n) is 5.94. The molecule has 0 aliphatic heterocycles. The average Bonchev–Trinajstić information content (AvgIpc) is 2.36. The lowest BCUT2D eigenvalue weighted by Gasteiger charge is -2.15. The summed E-state index contributed by atoms with van der Waals surface area (Å²) < 4.78 is 18.0. The molecule has 4 nitrogen and oxygen atoms in total. The third-order valence-corrected chi connectivity index (χ3v) is 2.50. The third kappa shape index (κ3) is 5.14. The van der Waals surface area contributed by atoms with Crippen molar-refractivity contribution < 1.29 is 19.0 Å². The molecular formula is C13H18FNO3. The molecule has 2 N–H and O–H groups in total. The molecule has 0 fully saturated rings. The Morgan fingerprint density at radius 2 is 2.33 bits per heavy atom. The second-order valence-electron chi connectivity index (χ2n) is 3.93. The van der Waals surface area contributed by atoms with Gasteiger partial charge in [0.05, 0.1) is 0 Å². The highest BCUT2D eigenvalue weighted by molar-refractivity contribution is 5.77. The lowest BCUT2D eigenvalue weighted by molar-refractivity contribution is -0.123. The maximum Gasteiger partial charge on any atom is 0.258 e. The summed E-state index contributed by atoms with van der Waals surface area (Å²) in [4.78, 5) is 11.5. The largest absolute Gasteiger partial charge is 0.484 e. The van der Waals surface area contributed by atoms with Gasteiger partial charge in [-0.3, -0.25) is 4.79 Å². The minimum absolute atomic E-state index is 0.0313. The number of rotatable bonds is 7. The van der Waals surface area contributed by atoms with Gasteiger partial charge < -0.3 is 15.2 Å². The molecule has 0 saturated heterocycles. The number of carbonyl (C=O) groups is 1. The van der Waals surface area contributed by atoms with Crippen molar-refractivity contribution in [2.24, 2.45) is 0 Å². The Labute approximate surface area is 106 Å². The number of carbonyl (C=O) groups excluding carboxylic acids is 1. The molecule has 1 rings (SSSR count). The van der Waals surface area contributed by atoms with Crippen molar-refractivity contribution in [3.8, 4) is 5.75 Å². The highest BCUT2D eigenvalue weighted by Crippen LogP contribution is 2.11. The minimum atomic E-state index is -0.403. The van der Waals surface area contributed by atoms with E-state index >= 15 is 0 Å². The lowest BCUT2D eigenvalue weighted by atomic mass is 10.1. The standard InChI is InChI=1S/C13H18FNO3/c1-2-11(6-7-16)15-13(17)9-18-12-5-3-4-10(14)8-12/h3-5,8,11,16H,2,6-7,9H2,1H3,(H,15,17). The van der Waals surface area contributed by atoms with Crippen LogP contribution in [0.5, 0.6) is 5.75 Å². The Morgan fingerprint density at radius 1 is 1.56 bits per heavy atom. The summed E-state index contributed by atoms with van der Waals surface area (Å²) in [6.45, 7) is 1.79. The van der Waals surface area contributed by atoms with E-state index in [2.05, 4.69) is 5.32 Å². The molecule has 1 atom stereocenters. The van der Waals surface area contributed by atoms with Gasteiger partial charge in [0.1, 0.15) is 11.6 Å². The summed E-state index contributed by atoms with van der Waals surface area (Å²) in [5, 5.41) is 11.5. The van der Waals surface area contributed by atoms with Crippen molar-refractivity contribution in [2.45, 2.75) is 25.8 Å². The normalized spacial score (nSPS) is 11.9. The van der Waals surface area contributed by atoms with Gasteiger partial charge in [-0.25, -0.2) is 4.39 Å². The zero-order chi connectivity index (χ0) is 13.4. The summed E-state index contributed by atoms with van der Waals surface area (Å²) in [5.41, 5.74) is 0. The van der Waals surface area contributed by atoms with E-state index in [1.807, 2.05) is 6.92 Å². The van der Waals surface area contributed by atoms with Crippen LogP contribution in [-0.2, 0) is 4.79 Å². The lowest BCUT2D eigenvalue weighted by Crippen LogP contribution is -2.38. The van der Waals surface area contributed by atoms with Gasteiger partial charge in [-0.05, 0) is 25.0 Å². The van der Waals surface area contributed by atoms with Gasteiger partial charge in [-0.2, -0.15) is 0 Å². The molecule has 0 spiro atoms. The number of halogens is 1. The van der Waals surface area contributed by atoms with Gasteiger partial charge in [0.15, 0.2) is 6.61 Å². The summed E-state index contributed by atoms with van der Waals surface area (Å²) in [6.07, 6.45) is 1.26. The van der Waals surface area contributed by atoms with Crippen molar-refractivity contribution in [3.63, 3.8) is 0 Å². The van der Waals surface area contributed by atoms with E-state index in [9.17, 15) is 9.18 Å². The topological polar surface area (TPSA) is 58.6 Å². The molecule has 0 aromatic heterocycles. The van der Waals surface area contributed by atoms with Crippen LogP contribution in [0.25, 0.3) is 0 Å². The Balaban J connectivity index is 2.36. The molecular weight excluding hydrogens is 237 g/mol. The first-order valence-corrected chi connectivity index (χ1v) is 5.94. The van der Waals surface area contributed by atoms with Crippen LogP contribution in [0.4, 0.5) is 4.39 Å². The van der Waals surface area contributed by atoms with Crippen molar-refractivity contribution in [2.75, 3.05) is 13.2 Å². The van der Waals surface area contributed by atoms with Crippen molar-refractivity contribution in [3.05, 3.63) is 30.1 Å². The zero-order valence-corrected chi connectivity index (χ0v) is 10.4. The Bertz CT molecular complexity index is 384. The molecule has 0 saturated carbocycles. The molecule has 0 bridgehead atoms. The second kappa shape index (κ2) is 7.66. The number of hydrogen-bond acceptors (Lipinski definition) is 3. The quantitative estimate of drug-likeness (QED) is 0.776. The van der Waals surface area contributed by atoms with Crippen LogP contribution >= 0.6 is 0 Å². The molecule has 0 heterocycles. The van der Waals surface area contributed by atoms with E-state index in [1.54, 1.807) is 6.07 Å². The molecule has 18 heavy (non-hydrogen) atoms. The molecule has 1 aromatic rings. The van der Waals surface area contributed by atoms with Crippen molar-refractivity contribution in [1.29, 1.82) is 0 Å². The number of hydrogen-bond donors (Lipinski definition) is 2. The van der Waals surface area contributed by atoms with Crippen LogP contribution in [0.3, 0.4) is 0 Å². The zero-order valence-electron chi connectivity index (χ0n) is 10.4. The first kappa shape index (κ1) is 14.4. The van der Waals surface area contributed by atoms with Crippen molar-refractivity contribution >= 4 is 5.91 Å². The molecule has 1 aromatic carbocycles. The summed E-state index contributed by atoms with van der Waals surface area (Å²) in [7, 11) is 0. The molecule has 5 heteroatoms. The first-order chi connectivity index (χ1) is 8.65. The number of amides is 1. The summed E-state index contributed by atoms with van der Waals surface area (Å²) in [5.74, 6) is -0.362. The number of aliphatic hydroxyl groups excluding tert-OH is 1. The third-order valence-electron chi connectivity index (χ3n) is 2.50. The average molecular weight is 255 g/mol. The number of aliphatic hydroxyl groups is 1. The maximum atomic E-state index is 12.8. The van der Waals surface area contributed by atoms with E-state index in [-0.39, 0.29) is 25.2 Å². The molecule has 100 valence electrons. The van der Waals surface area contributed by atoms with Crippen molar-refractivity contribution in [1.82, 2.24) is 5.32 Å². The van der Waals surface area contributed by atoms with Gasteiger partial charge in [0, 0.05) is 18.7 Å². The van der Waals surface area contributed by atoms with Crippen LogP contribution in [0.1, 0.15) is 19.8 Å². The molecule has 1 unspecified atom stereocenters. The fourth-order valence-corrected chi connectivity index (χ4v) is 1.51.